The van der Waals surface area contributed by atoms with E-state index < -0.39 is 0 Å². The summed E-state index contributed by atoms with van der Waals surface area (Å²) in [7, 11) is 0. The predicted octanol–water partition coefficient (Wildman–Crippen LogP) is 1.82. The Morgan fingerprint density at radius 1 is 1.36 bits per heavy atom. The minimum absolute atomic E-state index is 0.0943. The van der Waals surface area contributed by atoms with Gasteiger partial charge >= 0.3 is 0 Å². The van der Waals surface area contributed by atoms with E-state index in [2.05, 4.69) is 26.6 Å². The second-order valence-corrected chi connectivity index (χ2v) is 4.29. The van der Waals surface area contributed by atoms with Crippen LogP contribution in [-0.4, -0.2) is 19.6 Å². The second kappa shape index (κ2) is 4.38. The highest BCUT2D eigenvalue weighted by Crippen LogP contribution is 2.21. The Labute approximate surface area is 91.0 Å². The minimum atomic E-state index is -0.152. The minimum Gasteiger partial charge on any atom is -0.314 e. The number of hydrogen-bond acceptors (Lipinski definition) is 2. The normalized spacial score (nSPS) is 22.3. The molecule has 1 aromatic rings. The van der Waals surface area contributed by atoms with Crippen LogP contribution in [0, 0.1) is 5.82 Å². The van der Waals surface area contributed by atoms with Crippen LogP contribution in [0.4, 0.5) is 4.39 Å². The summed E-state index contributed by atoms with van der Waals surface area (Å²) in [6, 6.07) is 5.29. The first-order chi connectivity index (χ1) is 6.77. The summed E-state index contributed by atoms with van der Waals surface area (Å²) in [6.07, 6.45) is 0. The zero-order valence-corrected chi connectivity index (χ0v) is 9.27. The zero-order chi connectivity index (χ0) is 9.97. The zero-order valence-electron chi connectivity index (χ0n) is 7.69. The van der Waals surface area contributed by atoms with Crippen LogP contribution in [0.15, 0.2) is 22.7 Å². The van der Waals surface area contributed by atoms with Crippen LogP contribution in [-0.2, 0) is 0 Å². The summed E-state index contributed by atoms with van der Waals surface area (Å²) in [5.74, 6) is -0.152. The monoisotopic (exact) mass is 258 g/mol. The van der Waals surface area contributed by atoms with E-state index in [1.807, 2.05) is 12.1 Å². The van der Waals surface area contributed by atoms with Crippen molar-refractivity contribution >= 4 is 15.9 Å². The third-order valence-electron chi connectivity index (χ3n) is 2.38. The molecule has 0 spiro atoms. The molecule has 14 heavy (non-hydrogen) atoms. The number of rotatable bonds is 1. The molecule has 0 unspecified atom stereocenters. The molecule has 1 aliphatic rings. The lowest BCUT2D eigenvalue weighted by molar-refractivity contribution is 0.416. The van der Waals surface area contributed by atoms with Crippen LogP contribution < -0.4 is 10.6 Å². The lowest BCUT2D eigenvalue weighted by Crippen LogP contribution is -2.42. The maximum atomic E-state index is 13.5. The third kappa shape index (κ3) is 2.13. The molecule has 0 aliphatic carbocycles. The van der Waals surface area contributed by atoms with Gasteiger partial charge in [0.15, 0.2) is 0 Å². The highest BCUT2D eigenvalue weighted by molar-refractivity contribution is 9.10. The van der Waals surface area contributed by atoms with Crippen molar-refractivity contribution in [1.29, 1.82) is 0 Å². The Bertz CT molecular complexity index is 324. The van der Waals surface area contributed by atoms with Crippen molar-refractivity contribution in [3.05, 3.63) is 34.1 Å². The molecule has 2 N–H and O–H groups in total. The maximum absolute atomic E-state index is 13.5. The van der Waals surface area contributed by atoms with Gasteiger partial charge in [0, 0.05) is 35.7 Å². The van der Waals surface area contributed by atoms with Gasteiger partial charge in [-0.1, -0.05) is 22.0 Å². The molecule has 2 rings (SSSR count). The summed E-state index contributed by atoms with van der Waals surface area (Å²) in [6.45, 7) is 2.63. The highest BCUT2D eigenvalue weighted by Gasteiger charge is 2.17. The molecule has 1 saturated heterocycles. The Kier molecular flexibility index (Phi) is 3.15. The van der Waals surface area contributed by atoms with Crippen LogP contribution in [0.25, 0.3) is 0 Å². The molecule has 0 radical (unpaired) electrons. The lowest BCUT2D eigenvalue weighted by Gasteiger charge is -2.25. The topological polar surface area (TPSA) is 24.1 Å². The van der Waals surface area contributed by atoms with E-state index >= 15 is 0 Å². The molecular weight excluding hydrogens is 247 g/mol. The fraction of sp³-hybridized carbons (Fsp3) is 0.400. The summed E-state index contributed by atoms with van der Waals surface area (Å²) in [5.41, 5.74) is 0.736. The molecular formula is C10H12BrFN2. The van der Waals surface area contributed by atoms with Crippen molar-refractivity contribution in [1.82, 2.24) is 10.6 Å². The van der Waals surface area contributed by atoms with Gasteiger partial charge in [0.2, 0.25) is 0 Å². The first-order valence-corrected chi connectivity index (χ1v) is 5.46. The summed E-state index contributed by atoms with van der Waals surface area (Å²) in [5, 5.41) is 6.51. The Balaban J connectivity index is 2.22. The van der Waals surface area contributed by atoms with Crippen molar-refractivity contribution in [3.8, 4) is 0 Å². The second-order valence-electron chi connectivity index (χ2n) is 3.38. The van der Waals surface area contributed by atoms with Gasteiger partial charge in [-0.2, -0.15) is 0 Å². The number of nitrogens with one attached hydrogen (secondary N) is 2. The number of halogens is 2. The van der Waals surface area contributed by atoms with Gasteiger partial charge in [-0.25, -0.2) is 4.39 Å². The molecule has 1 heterocycles. The molecule has 1 atom stereocenters. The van der Waals surface area contributed by atoms with Gasteiger partial charge < -0.3 is 10.6 Å². The molecule has 0 saturated carbocycles. The van der Waals surface area contributed by atoms with Gasteiger partial charge in [0.1, 0.15) is 5.82 Å². The predicted molar refractivity (Wildman–Crippen MR) is 57.7 cm³/mol. The van der Waals surface area contributed by atoms with Gasteiger partial charge in [0.05, 0.1) is 0 Å². The lowest BCUT2D eigenvalue weighted by atomic mass is 10.1. The summed E-state index contributed by atoms with van der Waals surface area (Å²) >= 11 is 3.24. The van der Waals surface area contributed by atoms with E-state index in [0.717, 1.165) is 29.7 Å². The largest absolute Gasteiger partial charge is 0.314 e. The molecule has 2 nitrogen and oxygen atoms in total. The molecule has 0 aromatic heterocycles. The molecule has 4 heteroatoms. The van der Waals surface area contributed by atoms with Crippen molar-refractivity contribution in [3.63, 3.8) is 0 Å². The van der Waals surface area contributed by atoms with Gasteiger partial charge in [-0.15, -0.1) is 0 Å². The van der Waals surface area contributed by atoms with Crippen molar-refractivity contribution in [2.75, 3.05) is 19.6 Å². The van der Waals surface area contributed by atoms with Crippen LogP contribution in [0.1, 0.15) is 11.6 Å². The maximum Gasteiger partial charge on any atom is 0.129 e. The van der Waals surface area contributed by atoms with Gasteiger partial charge in [-0.3, -0.25) is 0 Å². The third-order valence-corrected chi connectivity index (χ3v) is 2.87. The van der Waals surface area contributed by atoms with Crippen LogP contribution >= 0.6 is 15.9 Å². The number of hydrogen-bond donors (Lipinski definition) is 2. The Morgan fingerprint density at radius 2 is 2.21 bits per heavy atom. The average molecular weight is 259 g/mol. The van der Waals surface area contributed by atoms with Gasteiger partial charge in [-0.05, 0) is 12.1 Å². The molecule has 76 valence electrons. The SMILES string of the molecule is Fc1cc(Br)ccc1[C@@H]1CNCCN1. The Hall–Kier alpha value is -0.450. The number of piperazine rings is 1. The summed E-state index contributed by atoms with van der Waals surface area (Å²) < 4.78 is 14.3. The van der Waals surface area contributed by atoms with Crippen LogP contribution in [0.3, 0.4) is 0 Å². The van der Waals surface area contributed by atoms with Gasteiger partial charge in [0.25, 0.3) is 0 Å². The molecule has 0 bridgehead atoms. The van der Waals surface area contributed by atoms with E-state index in [1.54, 1.807) is 0 Å². The van der Waals surface area contributed by atoms with Crippen molar-refractivity contribution in [2.24, 2.45) is 0 Å². The smallest absolute Gasteiger partial charge is 0.129 e. The fourth-order valence-corrected chi connectivity index (χ4v) is 1.99. The molecule has 1 fully saturated rings. The van der Waals surface area contributed by atoms with Crippen molar-refractivity contribution < 1.29 is 4.39 Å². The first-order valence-electron chi connectivity index (χ1n) is 4.66. The van der Waals surface area contributed by atoms with E-state index in [0.29, 0.717) is 0 Å². The first kappa shape index (κ1) is 10.1. The molecule has 1 aliphatic heterocycles. The van der Waals surface area contributed by atoms with Crippen molar-refractivity contribution in [2.45, 2.75) is 6.04 Å². The molecule has 1 aromatic carbocycles. The highest BCUT2D eigenvalue weighted by atomic mass is 79.9. The standard InChI is InChI=1S/C10H12BrFN2/c11-7-1-2-8(9(12)5-7)10-6-13-3-4-14-10/h1-2,5,10,13-14H,3-4,6H2/t10-/m0/s1. The quantitative estimate of drug-likeness (QED) is 0.803. The summed E-state index contributed by atoms with van der Waals surface area (Å²) in [4.78, 5) is 0. The van der Waals surface area contributed by atoms with E-state index in [-0.39, 0.29) is 11.9 Å². The van der Waals surface area contributed by atoms with E-state index in [1.165, 1.54) is 6.07 Å². The molecule has 0 amide bonds. The fourth-order valence-electron chi connectivity index (χ4n) is 1.66. The average Bonchev–Trinajstić information content (AvgIpc) is 2.19. The van der Waals surface area contributed by atoms with Crippen LogP contribution in [0.2, 0.25) is 0 Å². The Morgan fingerprint density at radius 3 is 2.86 bits per heavy atom. The van der Waals surface area contributed by atoms with E-state index in [4.69, 9.17) is 0 Å². The van der Waals surface area contributed by atoms with E-state index in [9.17, 15) is 4.39 Å². The van der Waals surface area contributed by atoms with Crippen LogP contribution in [0.5, 0.6) is 0 Å². The number of benzene rings is 1.